The Morgan fingerprint density at radius 1 is 1.05 bits per heavy atom. The van der Waals surface area contributed by atoms with E-state index < -0.39 is 0 Å². The molecule has 2 aromatic carbocycles. The van der Waals surface area contributed by atoms with Gasteiger partial charge in [-0.05, 0) is 30.7 Å². The van der Waals surface area contributed by atoms with E-state index in [1.165, 1.54) is 0 Å². The summed E-state index contributed by atoms with van der Waals surface area (Å²) in [6.45, 7) is 2.71. The molecule has 0 bridgehead atoms. The van der Waals surface area contributed by atoms with Crippen molar-refractivity contribution in [1.82, 2.24) is 0 Å². The van der Waals surface area contributed by atoms with Crippen LogP contribution < -0.4 is 4.74 Å². The molecule has 0 aliphatic rings. The standard InChI is InChI=1S/C17H17ClO3/c1-12-13(7-5-8-15(12)18)17(19)14-6-3-4-9-16(14)21-11-10-20-2/h3-9H,10-11H2,1-2H3. The van der Waals surface area contributed by atoms with E-state index in [1.807, 2.05) is 19.1 Å². The van der Waals surface area contributed by atoms with E-state index in [1.54, 1.807) is 37.4 Å². The zero-order chi connectivity index (χ0) is 15.2. The van der Waals surface area contributed by atoms with E-state index in [9.17, 15) is 4.79 Å². The molecule has 0 amide bonds. The third-order valence-electron chi connectivity index (χ3n) is 3.19. The predicted molar refractivity (Wildman–Crippen MR) is 83.4 cm³/mol. The summed E-state index contributed by atoms with van der Waals surface area (Å²) in [6, 6.07) is 12.5. The number of hydrogen-bond donors (Lipinski definition) is 0. The first-order valence-electron chi connectivity index (χ1n) is 6.65. The van der Waals surface area contributed by atoms with Gasteiger partial charge in [0.15, 0.2) is 5.78 Å². The molecular formula is C17H17ClO3. The number of ketones is 1. The quantitative estimate of drug-likeness (QED) is 0.599. The zero-order valence-electron chi connectivity index (χ0n) is 12.1. The molecule has 0 fully saturated rings. The third-order valence-corrected chi connectivity index (χ3v) is 3.60. The van der Waals surface area contributed by atoms with Crippen molar-refractivity contribution in [3.05, 3.63) is 64.2 Å². The number of benzene rings is 2. The molecule has 0 aliphatic carbocycles. The summed E-state index contributed by atoms with van der Waals surface area (Å²) in [5.41, 5.74) is 1.89. The van der Waals surface area contributed by atoms with Crippen molar-refractivity contribution in [2.75, 3.05) is 20.3 Å². The van der Waals surface area contributed by atoms with Crippen LogP contribution in [0.1, 0.15) is 21.5 Å². The van der Waals surface area contributed by atoms with E-state index in [0.29, 0.717) is 35.1 Å². The second-order valence-corrected chi connectivity index (χ2v) is 4.99. The molecule has 110 valence electrons. The fourth-order valence-corrected chi connectivity index (χ4v) is 2.19. The highest BCUT2D eigenvalue weighted by Gasteiger charge is 2.17. The van der Waals surface area contributed by atoms with E-state index in [0.717, 1.165) is 5.56 Å². The van der Waals surface area contributed by atoms with Crippen molar-refractivity contribution < 1.29 is 14.3 Å². The summed E-state index contributed by atoms with van der Waals surface area (Å²) in [4.78, 5) is 12.7. The normalized spacial score (nSPS) is 10.4. The van der Waals surface area contributed by atoms with Gasteiger partial charge in [-0.3, -0.25) is 4.79 Å². The number of carbonyl (C=O) groups excluding carboxylic acids is 1. The Hall–Kier alpha value is -1.84. The average Bonchev–Trinajstić information content (AvgIpc) is 2.50. The minimum absolute atomic E-state index is 0.0944. The first kappa shape index (κ1) is 15.5. The molecule has 3 nitrogen and oxygen atoms in total. The molecule has 0 heterocycles. The monoisotopic (exact) mass is 304 g/mol. The molecule has 0 aliphatic heterocycles. The van der Waals surface area contributed by atoms with Gasteiger partial charge in [-0.1, -0.05) is 35.9 Å². The van der Waals surface area contributed by atoms with Gasteiger partial charge in [-0.25, -0.2) is 0 Å². The lowest BCUT2D eigenvalue weighted by atomic mass is 9.98. The van der Waals surface area contributed by atoms with Gasteiger partial charge in [0.1, 0.15) is 12.4 Å². The van der Waals surface area contributed by atoms with Crippen LogP contribution in [-0.4, -0.2) is 26.1 Å². The number of hydrogen-bond acceptors (Lipinski definition) is 3. The maximum Gasteiger partial charge on any atom is 0.197 e. The molecule has 2 aromatic rings. The molecule has 0 atom stereocenters. The van der Waals surface area contributed by atoms with Crippen LogP contribution in [0.3, 0.4) is 0 Å². The van der Waals surface area contributed by atoms with Gasteiger partial charge >= 0.3 is 0 Å². The Morgan fingerprint density at radius 3 is 2.52 bits per heavy atom. The van der Waals surface area contributed by atoms with Crippen LogP contribution >= 0.6 is 11.6 Å². The second kappa shape index (κ2) is 7.25. The van der Waals surface area contributed by atoms with Crippen molar-refractivity contribution >= 4 is 17.4 Å². The third kappa shape index (κ3) is 3.63. The van der Waals surface area contributed by atoms with Gasteiger partial charge in [0.2, 0.25) is 0 Å². The van der Waals surface area contributed by atoms with Crippen LogP contribution in [0.5, 0.6) is 5.75 Å². The second-order valence-electron chi connectivity index (χ2n) is 4.58. The Bertz CT molecular complexity index is 638. The van der Waals surface area contributed by atoms with Gasteiger partial charge in [0, 0.05) is 17.7 Å². The molecular weight excluding hydrogens is 288 g/mol. The van der Waals surface area contributed by atoms with Crippen LogP contribution in [0, 0.1) is 6.92 Å². The summed E-state index contributed by atoms with van der Waals surface area (Å²) in [6.07, 6.45) is 0. The minimum Gasteiger partial charge on any atom is -0.490 e. The van der Waals surface area contributed by atoms with Crippen LogP contribution in [0.15, 0.2) is 42.5 Å². The van der Waals surface area contributed by atoms with Crippen molar-refractivity contribution in [2.24, 2.45) is 0 Å². The van der Waals surface area contributed by atoms with Gasteiger partial charge in [0.05, 0.1) is 12.2 Å². The van der Waals surface area contributed by atoms with Crippen LogP contribution in [0.25, 0.3) is 0 Å². The van der Waals surface area contributed by atoms with Crippen molar-refractivity contribution in [3.8, 4) is 5.75 Å². The largest absolute Gasteiger partial charge is 0.490 e. The number of halogens is 1. The molecule has 0 unspecified atom stereocenters. The predicted octanol–water partition coefficient (Wildman–Crippen LogP) is 3.90. The highest BCUT2D eigenvalue weighted by Crippen LogP contribution is 2.25. The van der Waals surface area contributed by atoms with Crippen molar-refractivity contribution in [1.29, 1.82) is 0 Å². The number of methoxy groups -OCH3 is 1. The van der Waals surface area contributed by atoms with Gasteiger partial charge in [-0.2, -0.15) is 0 Å². The number of carbonyl (C=O) groups is 1. The summed E-state index contributed by atoms with van der Waals surface area (Å²) in [7, 11) is 1.61. The minimum atomic E-state index is -0.0944. The topological polar surface area (TPSA) is 35.5 Å². The molecule has 0 saturated heterocycles. The highest BCUT2D eigenvalue weighted by atomic mass is 35.5. The number of rotatable bonds is 6. The molecule has 0 N–H and O–H groups in total. The van der Waals surface area contributed by atoms with Crippen molar-refractivity contribution in [2.45, 2.75) is 6.92 Å². The summed E-state index contributed by atoms with van der Waals surface area (Å²) >= 11 is 6.09. The summed E-state index contributed by atoms with van der Waals surface area (Å²) in [5.74, 6) is 0.460. The lowest BCUT2D eigenvalue weighted by molar-refractivity contribution is 0.103. The van der Waals surface area contributed by atoms with Crippen LogP contribution in [-0.2, 0) is 4.74 Å². The lowest BCUT2D eigenvalue weighted by Gasteiger charge is -2.12. The summed E-state index contributed by atoms with van der Waals surface area (Å²) in [5, 5.41) is 0.582. The average molecular weight is 305 g/mol. The number of ether oxygens (including phenoxy) is 2. The molecule has 2 rings (SSSR count). The van der Waals surface area contributed by atoms with Gasteiger partial charge in [0.25, 0.3) is 0 Å². The molecule has 0 radical (unpaired) electrons. The maximum absolute atomic E-state index is 12.7. The molecule has 0 aromatic heterocycles. The molecule has 0 saturated carbocycles. The first-order valence-corrected chi connectivity index (χ1v) is 7.03. The summed E-state index contributed by atoms with van der Waals surface area (Å²) < 4.78 is 10.6. The lowest BCUT2D eigenvalue weighted by Crippen LogP contribution is -2.10. The van der Waals surface area contributed by atoms with Crippen molar-refractivity contribution in [3.63, 3.8) is 0 Å². The van der Waals surface area contributed by atoms with E-state index >= 15 is 0 Å². The van der Waals surface area contributed by atoms with Crippen LogP contribution in [0.4, 0.5) is 0 Å². The Morgan fingerprint density at radius 2 is 1.76 bits per heavy atom. The Labute approximate surface area is 129 Å². The van der Waals surface area contributed by atoms with Gasteiger partial charge < -0.3 is 9.47 Å². The van der Waals surface area contributed by atoms with E-state index in [4.69, 9.17) is 21.1 Å². The van der Waals surface area contributed by atoms with E-state index in [-0.39, 0.29) is 5.78 Å². The van der Waals surface area contributed by atoms with Crippen LogP contribution in [0.2, 0.25) is 5.02 Å². The molecule has 4 heteroatoms. The molecule has 21 heavy (non-hydrogen) atoms. The fraction of sp³-hybridized carbons (Fsp3) is 0.235. The Kier molecular flexibility index (Phi) is 5.37. The maximum atomic E-state index is 12.7. The molecule has 0 spiro atoms. The highest BCUT2D eigenvalue weighted by molar-refractivity contribution is 6.32. The first-order chi connectivity index (χ1) is 10.1. The van der Waals surface area contributed by atoms with E-state index in [2.05, 4.69) is 0 Å². The Balaban J connectivity index is 2.33. The SMILES string of the molecule is COCCOc1ccccc1C(=O)c1cccc(Cl)c1C. The zero-order valence-corrected chi connectivity index (χ0v) is 12.8. The smallest absolute Gasteiger partial charge is 0.197 e. The van der Waals surface area contributed by atoms with Gasteiger partial charge in [-0.15, -0.1) is 0 Å². The number of para-hydroxylation sites is 1. The fourth-order valence-electron chi connectivity index (χ4n) is 2.01.